The molecule has 0 radical (unpaired) electrons. The van der Waals surface area contributed by atoms with Gasteiger partial charge in [-0.2, -0.15) is 5.26 Å². The van der Waals surface area contributed by atoms with Gasteiger partial charge in [0, 0.05) is 20.3 Å². The van der Waals surface area contributed by atoms with Crippen LogP contribution in [0.4, 0.5) is 0 Å². The Balaban J connectivity index is 5.17. The summed E-state index contributed by atoms with van der Waals surface area (Å²) < 4.78 is 10.0. The second-order valence-corrected chi connectivity index (χ2v) is 3.28. The number of ether oxygens (including phenoxy) is 2. The monoisotopic (exact) mass is 238 g/mol. The predicted molar refractivity (Wildman–Crippen MR) is 63.7 cm³/mol. The second-order valence-electron chi connectivity index (χ2n) is 3.28. The van der Waals surface area contributed by atoms with Crippen LogP contribution in [-0.2, 0) is 14.3 Å². The van der Waals surface area contributed by atoms with Crippen LogP contribution in [0, 0.1) is 11.3 Å². The first kappa shape index (κ1) is 15.0. The molecule has 0 saturated heterocycles. The van der Waals surface area contributed by atoms with Crippen molar-refractivity contribution in [2.45, 2.75) is 13.8 Å². The molecule has 0 saturated carbocycles. The SMILES string of the molecule is CCOC(=O)C(C#N)=C(C=CN(C)C)OCC. The molecule has 0 heterocycles. The average Bonchev–Trinajstić information content (AvgIpc) is 2.27. The lowest BCUT2D eigenvalue weighted by atomic mass is 10.2. The van der Waals surface area contributed by atoms with Crippen molar-refractivity contribution < 1.29 is 14.3 Å². The lowest BCUT2D eigenvalue weighted by Crippen LogP contribution is -2.10. The Kier molecular flexibility index (Phi) is 7.27. The van der Waals surface area contributed by atoms with Crippen LogP contribution in [0.15, 0.2) is 23.6 Å². The molecule has 0 N–H and O–H groups in total. The van der Waals surface area contributed by atoms with Crippen molar-refractivity contribution in [3.63, 3.8) is 0 Å². The van der Waals surface area contributed by atoms with E-state index < -0.39 is 5.97 Å². The van der Waals surface area contributed by atoms with Crippen LogP contribution < -0.4 is 0 Å². The van der Waals surface area contributed by atoms with E-state index in [1.807, 2.05) is 14.1 Å². The summed E-state index contributed by atoms with van der Waals surface area (Å²) in [5.41, 5.74) is -0.119. The molecule has 94 valence electrons. The fourth-order valence-electron chi connectivity index (χ4n) is 0.980. The van der Waals surface area contributed by atoms with E-state index in [0.29, 0.717) is 6.61 Å². The Labute approximate surface area is 102 Å². The van der Waals surface area contributed by atoms with Gasteiger partial charge < -0.3 is 14.4 Å². The number of hydrogen-bond donors (Lipinski definition) is 0. The molecule has 5 nitrogen and oxygen atoms in total. The van der Waals surface area contributed by atoms with Crippen LogP contribution in [0.25, 0.3) is 0 Å². The van der Waals surface area contributed by atoms with E-state index in [9.17, 15) is 4.79 Å². The number of allylic oxidation sites excluding steroid dienone is 1. The summed E-state index contributed by atoms with van der Waals surface area (Å²) in [7, 11) is 3.66. The van der Waals surface area contributed by atoms with Gasteiger partial charge in [0.1, 0.15) is 11.8 Å². The van der Waals surface area contributed by atoms with Crippen molar-refractivity contribution in [1.29, 1.82) is 5.26 Å². The third kappa shape index (κ3) is 5.61. The molecule has 0 atom stereocenters. The maximum Gasteiger partial charge on any atom is 0.352 e. The van der Waals surface area contributed by atoms with Gasteiger partial charge >= 0.3 is 5.97 Å². The first-order valence-electron chi connectivity index (χ1n) is 5.35. The molecule has 0 fully saturated rings. The number of rotatable bonds is 6. The van der Waals surface area contributed by atoms with Crippen LogP contribution in [0.1, 0.15) is 13.8 Å². The summed E-state index contributed by atoms with van der Waals surface area (Å²) in [5.74, 6) is -0.441. The number of carbonyl (C=O) groups excluding carboxylic acids is 1. The largest absolute Gasteiger partial charge is 0.492 e. The van der Waals surface area contributed by atoms with E-state index in [2.05, 4.69) is 0 Å². The van der Waals surface area contributed by atoms with Gasteiger partial charge in [-0.25, -0.2) is 4.79 Å². The lowest BCUT2D eigenvalue weighted by Gasteiger charge is -2.09. The molecule has 0 amide bonds. The minimum Gasteiger partial charge on any atom is -0.492 e. The summed E-state index contributed by atoms with van der Waals surface area (Å²) in [6.07, 6.45) is 3.26. The van der Waals surface area contributed by atoms with Crippen molar-refractivity contribution in [1.82, 2.24) is 4.90 Å². The van der Waals surface area contributed by atoms with Crippen LogP contribution in [0.5, 0.6) is 0 Å². The predicted octanol–water partition coefficient (Wildman–Crippen LogP) is 1.44. The van der Waals surface area contributed by atoms with Gasteiger partial charge in [-0.1, -0.05) is 0 Å². The van der Waals surface area contributed by atoms with Gasteiger partial charge in [0.05, 0.1) is 13.2 Å². The van der Waals surface area contributed by atoms with Gasteiger partial charge in [-0.3, -0.25) is 0 Å². The maximum absolute atomic E-state index is 11.5. The highest BCUT2D eigenvalue weighted by molar-refractivity contribution is 5.93. The first-order chi connectivity index (χ1) is 8.06. The Hall–Kier alpha value is -1.96. The Bertz CT molecular complexity index is 351. The highest BCUT2D eigenvalue weighted by Gasteiger charge is 2.16. The minimum atomic E-state index is -0.665. The van der Waals surface area contributed by atoms with E-state index in [-0.39, 0.29) is 17.9 Å². The zero-order valence-corrected chi connectivity index (χ0v) is 10.7. The number of esters is 1. The highest BCUT2D eigenvalue weighted by Crippen LogP contribution is 2.10. The quantitative estimate of drug-likeness (QED) is 0.230. The molecule has 17 heavy (non-hydrogen) atoms. The smallest absolute Gasteiger partial charge is 0.352 e. The molecule has 0 aromatic heterocycles. The molecule has 0 unspecified atom stereocenters. The highest BCUT2D eigenvalue weighted by atomic mass is 16.5. The molecule has 0 rings (SSSR count). The van der Waals surface area contributed by atoms with Crippen molar-refractivity contribution in [3.05, 3.63) is 23.6 Å². The average molecular weight is 238 g/mol. The van der Waals surface area contributed by atoms with Gasteiger partial charge in [-0.05, 0) is 19.9 Å². The Morgan fingerprint density at radius 1 is 1.29 bits per heavy atom. The number of carbonyl (C=O) groups is 1. The van der Waals surface area contributed by atoms with Crippen molar-refractivity contribution in [2.75, 3.05) is 27.3 Å². The topological polar surface area (TPSA) is 62.6 Å². The molecule has 0 aromatic carbocycles. The number of nitriles is 1. The molecule has 0 aromatic rings. The van der Waals surface area contributed by atoms with Crippen LogP contribution >= 0.6 is 0 Å². The van der Waals surface area contributed by atoms with Crippen molar-refractivity contribution >= 4 is 5.97 Å². The maximum atomic E-state index is 11.5. The summed E-state index contributed by atoms with van der Waals surface area (Å²) in [5, 5.41) is 8.95. The summed E-state index contributed by atoms with van der Waals surface area (Å²) in [4.78, 5) is 13.3. The van der Waals surface area contributed by atoms with E-state index >= 15 is 0 Å². The van der Waals surface area contributed by atoms with Crippen molar-refractivity contribution in [3.8, 4) is 6.07 Å². The minimum absolute atomic E-state index is 0.119. The van der Waals surface area contributed by atoms with Crippen LogP contribution in [-0.4, -0.2) is 38.2 Å². The molecule has 0 bridgehead atoms. The lowest BCUT2D eigenvalue weighted by molar-refractivity contribution is -0.138. The van der Waals surface area contributed by atoms with Crippen LogP contribution in [0.3, 0.4) is 0 Å². The van der Waals surface area contributed by atoms with E-state index in [0.717, 1.165) is 0 Å². The first-order valence-corrected chi connectivity index (χ1v) is 5.35. The molecular weight excluding hydrogens is 220 g/mol. The molecular formula is C12H18N2O3. The zero-order chi connectivity index (χ0) is 13.3. The van der Waals surface area contributed by atoms with E-state index in [1.165, 1.54) is 0 Å². The second kappa shape index (κ2) is 8.22. The van der Waals surface area contributed by atoms with Gasteiger partial charge in [0.2, 0.25) is 0 Å². The molecule has 0 aliphatic carbocycles. The standard InChI is InChI=1S/C12H18N2O3/c1-5-16-11(7-8-14(3)4)10(9-13)12(15)17-6-2/h7-8H,5-6H2,1-4H3. The Morgan fingerprint density at radius 2 is 1.88 bits per heavy atom. The van der Waals surface area contributed by atoms with E-state index in [1.54, 1.807) is 37.1 Å². The summed E-state index contributed by atoms with van der Waals surface area (Å²) in [6.45, 7) is 4.06. The third-order valence-electron chi connectivity index (χ3n) is 1.66. The fourth-order valence-corrected chi connectivity index (χ4v) is 0.980. The summed E-state index contributed by atoms with van der Waals surface area (Å²) >= 11 is 0. The van der Waals surface area contributed by atoms with Crippen molar-refractivity contribution in [2.24, 2.45) is 0 Å². The van der Waals surface area contributed by atoms with Gasteiger partial charge in [0.25, 0.3) is 0 Å². The van der Waals surface area contributed by atoms with Crippen LogP contribution in [0.2, 0.25) is 0 Å². The molecule has 0 aliphatic heterocycles. The zero-order valence-electron chi connectivity index (χ0n) is 10.7. The normalized spacial score (nSPS) is 11.7. The Morgan fingerprint density at radius 3 is 2.29 bits per heavy atom. The molecule has 0 aliphatic rings. The van der Waals surface area contributed by atoms with Gasteiger partial charge in [0.15, 0.2) is 5.57 Å². The number of nitrogens with zero attached hydrogens (tertiary/aromatic N) is 2. The summed E-state index contributed by atoms with van der Waals surface area (Å²) in [6, 6.07) is 1.81. The molecule has 5 heteroatoms. The molecule has 0 spiro atoms. The number of hydrogen-bond acceptors (Lipinski definition) is 5. The van der Waals surface area contributed by atoms with Gasteiger partial charge in [-0.15, -0.1) is 0 Å². The van der Waals surface area contributed by atoms with E-state index in [4.69, 9.17) is 14.7 Å². The fraction of sp³-hybridized carbons (Fsp3) is 0.500. The third-order valence-corrected chi connectivity index (χ3v) is 1.66.